The van der Waals surface area contributed by atoms with Crippen molar-refractivity contribution in [1.82, 2.24) is 0 Å². The molecule has 0 aromatic heterocycles. The molecule has 0 radical (unpaired) electrons. The highest BCUT2D eigenvalue weighted by Gasteiger charge is 2.62. The first-order valence-electron chi connectivity index (χ1n) is 5.67. The second-order valence-electron chi connectivity index (χ2n) is 5.36. The van der Waals surface area contributed by atoms with Gasteiger partial charge >= 0.3 is 0 Å². The van der Waals surface area contributed by atoms with Crippen molar-refractivity contribution < 1.29 is 0 Å². The average Bonchev–Trinajstić information content (AvgIpc) is 2.96. The minimum atomic E-state index is -0.151. The van der Waals surface area contributed by atoms with Crippen molar-refractivity contribution in [2.75, 3.05) is 0 Å². The minimum absolute atomic E-state index is 0.151. The van der Waals surface area contributed by atoms with Gasteiger partial charge < -0.3 is 0 Å². The molecule has 0 unspecified atom stereocenters. The topological polar surface area (TPSA) is 23.8 Å². The van der Waals surface area contributed by atoms with Crippen molar-refractivity contribution >= 4 is 0 Å². The van der Waals surface area contributed by atoms with Crippen LogP contribution in [0.25, 0.3) is 0 Å². The highest BCUT2D eigenvalue weighted by atomic mass is 14.6. The van der Waals surface area contributed by atoms with E-state index in [4.69, 9.17) is 0 Å². The largest absolute Gasteiger partial charge is 0.197 e. The van der Waals surface area contributed by atoms with E-state index in [9.17, 15) is 5.26 Å². The molecule has 2 aliphatic carbocycles. The monoisotopic (exact) mass is 197 g/mol. The summed E-state index contributed by atoms with van der Waals surface area (Å²) in [5, 5.41) is 9.42. The van der Waals surface area contributed by atoms with Gasteiger partial charge in [-0.3, -0.25) is 0 Å². The van der Waals surface area contributed by atoms with E-state index in [1.165, 1.54) is 24.0 Å². The molecule has 0 heterocycles. The fourth-order valence-corrected chi connectivity index (χ4v) is 3.20. The fourth-order valence-electron chi connectivity index (χ4n) is 3.20. The molecule has 0 saturated heterocycles. The van der Waals surface area contributed by atoms with E-state index < -0.39 is 0 Å². The Kier molecular flexibility index (Phi) is 1.58. The van der Waals surface area contributed by atoms with Gasteiger partial charge in [-0.05, 0) is 49.1 Å². The van der Waals surface area contributed by atoms with E-state index in [0.717, 1.165) is 12.8 Å². The molecule has 15 heavy (non-hydrogen) atoms. The van der Waals surface area contributed by atoms with E-state index in [0.29, 0.717) is 5.41 Å². The molecule has 1 spiro atoms. The summed E-state index contributed by atoms with van der Waals surface area (Å²) in [5.74, 6) is 0. The molecular weight excluding hydrogens is 182 g/mol. The molecular formula is C14H15N. The maximum absolute atomic E-state index is 9.42. The molecule has 2 fully saturated rings. The van der Waals surface area contributed by atoms with E-state index in [1.807, 2.05) is 0 Å². The Morgan fingerprint density at radius 3 is 2.40 bits per heavy atom. The lowest BCUT2D eigenvalue weighted by atomic mass is 9.56. The van der Waals surface area contributed by atoms with E-state index in [-0.39, 0.29) is 5.41 Å². The molecule has 1 heteroatoms. The maximum Gasteiger partial charge on any atom is 0.0835 e. The summed E-state index contributed by atoms with van der Waals surface area (Å²) >= 11 is 0. The number of hydrogen-bond acceptors (Lipinski definition) is 1. The van der Waals surface area contributed by atoms with E-state index >= 15 is 0 Å². The lowest BCUT2D eigenvalue weighted by Crippen LogP contribution is -2.41. The summed E-state index contributed by atoms with van der Waals surface area (Å²) in [7, 11) is 0. The predicted molar refractivity (Wildman–Crippen MR) is 59.4 cm³/mol. The first kappa shape index (κ1) is 8.97. The highest BCUT2D eigenvalue weighted by Crippen LogP contribution is 2.68. The van der Waals surface area contributed by atoms with Gasteiger partial charge in [0.2, 0.25) is 0 Å². The van der Waals surface area contributed by atoms with Crippen molar-refractivity contribution in [2.24, 2.45) is 5.41 Å². The van der Waals surface area contributed by atoms with Gasteiger partial charge in [0.15, 0.2) is 0 Å². The lowest BCUT2D eigenvalue weighted by molar-refractivity contribution is 0.172. The van der Waals surface area contributed by atoms with Crippen LogP contribution in [-0.4, -0.2) is 0 Å². The first-order valence-corrected chi connectivity index (χ1v) is 5.67. The summed E-state index contributed by atoms with van der Waals surface area (Å²) < 4.78 is 0. The number of rotatable bonds is 1. The third kappa shape index (κ3) is 1.14. The van der Waals surface area contributed by atoms with Crippen molar-refractivity contribution in [3.05, 3.63) is 35.4 Å². The van der Waals surface area contributed by atoms with Crippen LogP contribution in [0.4, 0.5) is 0 Å². The van der Waals surface area contributed by atoms with Crippen LogP contribution in [0.5, 0.6) is 0 Å². The van der Waals surface area contributed by atoms with Gasteiger partial charge in [0.25, 0.3) is 0 Å². The summed E-state index contributed by atoms with van der Waals surface area (Å²) in [4.78, 5) is 0. The molecule has 0 N–H and O–H groups in total. The summed E-state index contributed by atoms with van der Waals surface area (Å²) in [6.07, 6.45) is 4.90. The number of nitriles is 1. The van der Waals surface area contributed by atoms with Crippen molar-refractivity contribution in [3.8, 4) is 6.07 Å². The molecule has 1 nitrogen and oxygen atoms in total. The molecule has 0 amide bonds. The Balaban J connectivity index is 1.99. The van der Waals surface area contributed by atoms with Crippen LogP contribution in [0.15, 0.2) is 24.3 Å². The number of nitrogens with zero attached hydrogens (tertiary/aromatic N) is 1. The zero-order chi connectivity index (χ0) is 10.5. The quantitative estimate of drug-likeness (QED) is 0.677. The molecule has 1 aromatic carbocycles. The Morgan fingerprint density at radius 1 is 1.20 bits per heavy atom. The lowest BCUT2D eigenvalue weighted by Gasteiger charge is -2.44. The van der Waals surface area contributed by atoms with E-state index in [1.54, 1.807) is 0 Å². The molecule has 0 bridgehead atoms. The van der Waals surface area contributed by atoms with Crippen LogP contribution >= 0.6 is 0 Å². The molecule has 1 aromatic rings. The standard InChI is InChI=1S/C14H15N/c1-11-4-2-3-5-12(11)14(10-15)8-13(9-14)6-7-13/h2-5H,6-9H2,1H3. The number of hydrogen-bond donors (Lipinski definition) is 0. The van der Waals surface area contributed by atoms with Crippen LogP contribution < -0.4 is 0 Å². The van der Waals surface area contributed by atoms with Crippen LogP contribution in [0.3, 0.4) is 0 Å². The zero-order valence-electron chi connectivity index (χ0n) is 9.09. The van der Waals surface area contributed by atoms with E-state index in [2.05, 4.69) is 37.3 Å². The second-order valence-corrected chi connectivity index (χ2v) is 5.36. The van der Waals surface area contributed by atoms with Gasteiger partial charge in [-0.25, -0.2) is 0 Å². The number of benzene rings is 1. The summed E-state index contributed by atoms with van der Waals surface area (Å²) in [6, 6.07) is 10.9. The van der Waals surface area contributed by atoms with Crippen molar-refractivity contribution in [2.45, 2.75) is 38.0 Å². The molecule has 0 atom stereocenters. The maximum atomic E-state index is 9.42. The van der Waals surface area contributed by atoms with Crippen LogP contribution in [-0.2, 0) is 5.41 Å². The van der Waals surface area contributed by atoms with Gasteiger partial charge in [0.1, 0.15) is 0 Å². The predicted octanol–water partition coefficient (Wildman–Crippen LogP) is 3.33. The second kappa shape index (κ2) is 2.64. The fraction of sp³-hybridized carbons (Fsp3) is 0.500. The zero-order valence-corrected chi connectivity index (χ0v) is 9.09. The summed E-state index contributed by atoms with van der Waals surface area (Å²) in [6.45, 7) is 2.12. The molecule has 2 aliphatic rings. The molecule has 76 valence electrons. The smallest absolute Gasteiger partial charge is 0.0835 e. The first-order chi connectivity index (χ1) is 7.20. The minimum Gasteiger partial charge on any atom is -0.197 e. The Bertz CT molecular complexity index is 441. The third-order valence-corrected chi connectivity index (χ3v) is 4.19. The van der Waals surface area contributed by atoms with Gasteiger partial charge in [-0.15, -0.1) is 0 Å². The van der Waals surface area contributed by atoms with Gasteiger partial charge in [0, 0.05) is 0 Å². The normalized spacial score (nSPS) is 24.3. The molecule has 2 saturated carbocycles. The molecule has 0 aliphatic heterocycles. The van der Waals surface area contributed by atoms with Gasteiger partial charge in [0.05, 0.1) is 11.5 Å². The van der Waals surface area contributed by atoms with Gasteiger partial charge in [-0.1, -0.05) is 24.3 Å². The SMILES string of the molecule is Cc1ccccc1C1(C#N)CC2(CC2)C1. The third-order valence-electron chi connectivity index (χ3n) is 4.19. The number of aryl methyl sites for hydroxylation is 1. The van der Waals surface area contributed by atoms with Crippen molar-refractivity contribution in [1.29, 1.82) is 5.26 Å². The van der Waals surface area contributed by atoms with Crippen molar-refractivity contribution in [3.63, 3.8) is 0 Å². The Hall–Kier alpha value is -1.29. The molecule has 3 rings (SSSR count). The highest BCUT2D eigenvalue weighted by molar-refractivity contribution is 5.43. The van der Waals surface area contributed by atoms with Gasteiger partial charge in [-0.2, -0.15) is 5.26 Å². The van der Waals surface area contributed by atoms with Crippen LogP contribution in [0.1, 0.15) is 36.8 Å². The van der Waals surface area contributed by atoms with Crippen LogP contribution in [0.2, 0.25) is 0 Å². The van der Waals surface area contributed by atoms with Crippen LogP contribution in [0, 0.1) is 23.7 Å². The Morgan fingerprint density at radius 2 is 1.87 bits per heavy atom. The summed E-state index contributed by atoms with van der Waals surface area (Å²) in [5.41, 5.74) is 2.97. The average molecular weight is 197 g/mol. The Labute approximate surface area is 90.7 Å².